The van der Waals surface area contributed by atoms with Crippen LogP contribution in [0.3, 0.4) is 0 Å². The summed E-state index contributed by atoms with van der Waals surface area (Å²) in [7, 11) is 0. The minimum atomic E-state index is -1.11. The molecule has 0 radical (unpaired) electrons. The molecule has 0 saturated heterocycles. The fourth-order valence-corrected chi connectivity index (χ4v) is 1.43. The third-order valence-corrected chi connectivity index (χ3v) is 2.46. The van der Waals surface area contributed by atoms with Crippen molar-refractivity contribution in [1.29, 1.82) is 0 Å². The summed E-state index contributed by atoms with van der Waals surface area (Å²) in [5, 5.41) is 11.3. The van der Waals surface area contributed by atoms with E-state index in [2.05, 4.69) is 14.7 Å². The number of hydrogen-bond acceptors (Lipinski definition) is 5. The van der Waals surface area contributed by atoms with E-state index in [9.17, 15) is 14.4 Å². The molecular weight excluding hydrogens is 264 g/mol. The highest BCUT2D eigenvalue weighted by molar-refractivity contribution is 5.93. The Morgan fingerprint density at radius 2 is 2.05 bits per heavy atom. The summed E-state index contributed by atoms with van der Waals surface area (Å²) < 4.78 is 4.58. The number of rotatable bonds is 4. The zero-order chi connectivity index (χ0) is 14.5. The van der Waals surface area contributed by atoms with Crippen LogP contribution in [0, 0.1) is 0 Å². The van der Waals surface area contributed by atoms with Gasteiger partial charge in [0.2, 0.25) is 0 Å². The second-order valence-electron chi connectivity index (χ2n) is 3.88. The van der Waals surface area contributed by atoms with Crippen molar-refractivity contribution in [1.82, 2.24) is 10.3 Å². The quantitative estimate of drug-likeness (QED) is 0.847. The van der Waals surface area contributed by atoms with Crippen LogP contribution in [0.1, 0.15) is 26.4 Å². The van der Waals surface area contributed by atoms with Crippen LogP contribution >= 0.6 is 0 Å². The Bertz CT molecular complexity index is 670. The van der Waals surface area contributed by atoms with Gasteiger partial charge in [-0.1, -0.05) is 6.07 Å². The summed E-state index contributed by atoms with van der Waals surface area (Å²) in [5.41, 5.74) is 0.278. The van der Waals surface area contributed by atoms with Crippen LogP contribution in [0.4, 0.5) is 0 Å². The molecule has 0 aliphatic rings. The van der Waals surface area contributed by atoms with Crippen LogP contribution in [0.2, 0.25) is 0 Å². The van der Waals surface area contributed by atoms with E-state index in [0.29, 0.717) is 5.56 Å². The molecule has 2 rings (SSSR count). The molecule has 0 aliphatic heterocycles. The van der Waals surface area contributed by atoms with Gasteiger partial charge in [0.15, 0.2) is 0 Å². The van der Waals surface area contributed by atoms with Gasteiger partial charge in [-0.15, -0.1) is 0 Å². The third-order valence-electron chi connectivity index (χ3n) is 2.46. The number of pyridine rings is 1. The van der Waals surface area contributed by atoms with Gasteiger partial charge in [-0.2, -0.15) is 0 Å². The Kier molecular flexibility index (Phi) is 3.90. The Balaban J connectivity index is 1.98. The van der Waals surface area contributed by atoms with Gasteiger partial charge in [0.05, 0.1) is 5.56 Å². The van der Waals surface area contributed by atoms with Crippen molar-refractivity contribution in [3.63, 3.8) is 0 Å². The van der Waals surface area contributed by atoms with Gasteiger partial charge in [0, 0.05) is 18.8 Å². The summed E-state index contributed by atoms with van der Waals surface area (Å²) in [4.78, 5) is 36.8. The first-order valence-corrected chi connectivity index (χ1v) is 5.61. The topological polar surface area (TPSA) is 110 Å². The standard InChI is InChI=1S/C13H10N2O5/c16-11-4-2-9(7-20-11)12(17)15-6-8-1-3-10(13(18)19)14-5-8/h1-5,7H,6H2,(H,15,17)(H,18,19). The molecular formula is C13H10N2O5. The molecule has 0 aromatic carbocycles. The molecule has 2 N–H and O–H groups in total. The third kappa shape index (κ3) is 3.29. The average Bonchev–Trinajstić information content (AvgIpc) is 2.46. The molecule has 7 heteroatoms. The maximum Gasteiger partial charge on any atom is 0.354 e. The molecule has 2 aromatic heterocycles. The largest absolute Gasteiger partial charge is 0.477 e. The number of amides is 1. The number of hydrogen-bond donors (Lipinski definition) is 2. The highest BCUT2D eigenvalue weighted by atomic mass is 16.4. The lowest BCUT2D eigenvalue weighted by molar-refractivity contribution is 0.0690. The number of aromatic nitrogens is 1. The van der Waals surface area contributed by atoms with Gasteiger partial charge >= 0.3 is 11.6 Å². The van der Waals surface area contributed by atoms with E-state index in [4.69, 9.17) is 5.11 Å². The van der Waals surface area contributed by atoms with Gasteiger partial charge in [0.1, 0.15) is 12.0 Å². The van der Waals surface area contributed by atoms with E-state index >= 15 is 0 Å². The van der Waals surface area contributed by atoms with Crippen LogP contribution in [0.15, 0.2) is 45.9 Å². The fraction of sp³-hybridized carbons (Fsp3) is 0.0769. The molecule has 102 valence electrons. The second kappa shape index (κ2) is 5.79. The van der Waals surface area contributed by atoms with Gasteiger partial charge in [-0.3, -0.25) is 4.79 Å². The fourth-order valence-electron chi connectivity index (χ4n) is 1.43. The van der Waals surface area contributed by atoms with E-state index in [1.165, 1.54) is 18.3 Å². The van der Waals surface area contributed by atoms with Gasteiger partial charge in [-0.25, -0.2) is 14.6 Å². The van der Waals surface area contributed by atoms with Crippen LogP contribution in [-0.4, -0.2) is 22.0 Å². The Hall–Kier alpha value is -2.96. The smallest absolute Gasteiger partial charge is 0.354 e. The first-order chi connectivity index (χ1) is 9.56. The highest BCUT2D eigenvalue weighted by Crippen LogP contribution is 2.01. The van der Waals surface area contributed by atoms with E-state index in [0.717, 1.165) is 12.3 Å². The van der Waals surface area contributed by atoms with Crippen molar-refractivity contribution in [3.05, 3.63) is 64.0 Å². The Labute approximate surface area is 112 Å². The molecule has 0 fully saturated rings. The van der Waals surface area contributed by atoms with Crippen LogP contribution < -0.4 is 10.9 Å². The number of nitrogens with zero attached hydrogens (tertiary/aromatic N) is 1. The van der Waals surface area contributed by atoms with Crippen LogP contribution in [0.25, 0.3) is 0 Å². The number of nitrogens with one attached hydrogen (secondary N) is 1. The van der Waals surface area contributed by atoms with Crippen LogP contribution in [0.5, 0.6) is 0 Å². The summed E-state index contributed by atoms with van der Waals surface area (Å²) in [6.45, 7) is 0.185. The molecule has 0 unspecified atom stereocenters. The van der Waals surface area contributed by atoms with Crippen molar-refractivity contribution in [3.8, 4) is 0 Å². The maximum absolute atomic E-state index is 11.7. The first-order valence-electron chi connectivity index (χ1n) is 5.61. The molecule has 7 nitrogen and oxygen atoms in total. The molecule has 0 aliphatic carbocycles. The van der Waals surface area contributed by atoms with E-state index in [1.54, 1.807) is 6.07 Å². The summed E-state index contributed by atoms with van der Waals surface area (Å²) in [6.07, 6.45) is 2.44. The molecule has 2 aromatic rings. The molecule has 0 spiro atoms. The predicted octanol–water partition coefficient (Wildman–Crippen LogP) is 0.663. The van der Waals surface area contributed by atoms with Crippen molar-refractivity contribution < 1.29 is 19.1 Å². The monoisotopic (exact) mass is 274 g/mol. The van der Waals surface area contributed by atoms with Crippen molar-refractivity contribution in [2.75, 3.05) is 0 Å². The molecule has 0 bridgehead atoms. The minimum Gasteiger partial charge on any atom is -0.477 e. The lowest BCUT2D eigenvalue weighted by Crippen LogP contribution is -2.23. The Morgan fingerprint density at radius 3 is 2.60 bits per heavy atom. The zero-order valence-corrected chi connectivity index (χ0v) is 10.2. The normalized spacial score (nSPS) is 10.0. The SMILES string of the molecule is O=C(NCc1ccc(C(=O)O)nc1)c1ccc(=O)oc1. The minimum absolute atomic E-state index is 0.0649. The number of aromatic carboxylic acids is 1. The van der Waals surface area contributed by atoms with Crippen LogP contribution in [-0.2, 0) is 6.54 Å². The van der Waals surface area contributed by atoms with Crippen molar-refractivity contribution in [2.24, 2.45) is 0 Å². The van der Waals surface area contributed by atoms with E-state index < -0.39 is 17.5 Å². The molecule has 20 heavy (non-hydrogen) atoms. The van der Waals surface area contributed by atoms with Gasteiger partial charge < -0.3 is 14.8 Å². The molecule has 1 amide bonds. The van der Waals surface area contributed by atoms with E-state index in [1.807, 2.05) is 0 Å². The maximum atomic E-state index is 11.7. The molecule has 0 saturated carbocycles. The lowest BCUT2D eigenvalue weighted by Gasteiger charge is -2.04. The average molecular weight is 274 g/mol. The van der Waals surface area contributed by atoms with Gasteiger partial charge in [-0.05, 0) is 17.7 Å². The Morgan fingerprint density at radius 1 is 1.25 bits per heavy atom. The van der Waals surface area contributed by atoms with Crippen molar-refractivity contribution >= 4 is 11.9 Å². The van der Waals surface area contributed by atoms with Crippen molar-refractivity contribution in [2.45, 2.75) is 6.54 Å². The second-order valence-corrected chi connectivity index (χ2v) is 3.88. The first kappa shape index (κ1) is 13.5. The highest BCUT2D eigenvalue weighted by Gasteiger charge is 2.07. The molecule has 0 atom stereocenters. The molecule has 2 heterocycles. The number of carboxylic acids is 1. The summed E-state index contributed by atoms with van der Waals surface area (Å²) >= 11 is 0. The summed E-state index contributed by atoms with van der Waals surface area (Å²) in [6, 6.07) is 5.41. The van der Waals surface area contributed by atoms with Gasteiger partial charge in [0.25, 0.3) is 5.91 Å². The number of carboxylic acid groups (broad SMARTS) is 1. The number of carbonyl (C=O) groups excluding carboxylic acids is 1. The number of carbonyl (C=O) groups is 2. The zero-order valence-electron chi connectivity index (χ0n) is 10.2. The summed E-state index contributed by atoms with van der Waals surface area (Å²) in [5.74, 6) is -1.52. The predicted molar refractivity (Wildman–Crippen MR) is 67.3 cm³/mol. The van der Waals surface area contributed by atoms with E-state index in [-0.39, 0.29) is 17.8 Å². The lowest BCUT2D eigenvalue weighted by atomic mass is 10.2.